The molecule has 0 unspecified atom stereocenters. The van der Waals surface area contributed by atoms with Crippen molar-refractivity contribution in [1.82, 2.24) is 10.2 Å². The number of rotatable bonds is 2. The lowest BCUT2D eigenvalue weighted by Gasteiger charge is -2.27. The van der Waals surface area contributed by atoms with E-state index in [2.05, 4.69) is 16.1 Å². The van der Waals surface area contributed by atoms with Crippen LogP contribution in [0, 0.1) is 12.3 Å². The standard InChI is InChI=1S/C13H17N3/c1-2-11-7-12(9-13(14)8-11)10-16-5-3-15-4-6-16/h1,7-9,15H,3-6,10,14H2. The number of hydrogen-bond acceptors (Lipinski definition) is 3. The molecular formula is C13H17N3. The van der Waals surface area contributed by atoms with Gasteiger partial charge in [0, 0.05) is 44.0 Å². The summed E-state index contributed by atoms with van der Waals surface area (Å²) in [6, 6.07) is 5.88. The van der Waals surface area contributed by atoms with Gasteiger partial charge in [0.15, 0.2) is 0 Å². The lowest BCUT2D eigenvalue weighted by atomic mass is 10.1. The molecule has 0 aliphatic carbocycles. The van der Waals surface area contributed by atoms with Gasteiger partial charge in [0.25, 0.3) is 0 Å². The molecule has 0 spiro atoms. The molecule has 0 radical (unpaired) electrons. The van der Waals surface area contributed by atoms with Crippen molar-refractivity contribution in [1.29, 1.82) is 0 Å². The fraction of sp³-hybridized carbons (Fsp3) is 0.385. The van der Waals surface area contributed by atoms with E-state index < -0.39 is 0 Å². The minimum atomic E-state index is 0.751. The first kappa shape index (κ1) is 11.0. The van der Waals surface area contributed by atoms with Gasteiger partial charge in [0.1, 0.15) is 0 Å². The van der Waals surface area contributed by atoms with Crippen LogP contribution in [0.25, 0.3) is 0 Å². The second-order valence-electron chi connectivity index (χ2n) is 4.13. The van der Waals surface area contributed by atoms with Crippen LogP contribution in [-0.2, 0) is 6.54 Å². The molecule has 16 heavy (non-hydrogen) atoms. The molecule has 84 valence electrons. The minimum absolute atomic E-state index is 0.751. The van der Waals surface area contributed by atoms with Gasteiger partial charge in [-0.3, -0.25) is 4.90 Å². The second-order valence-corrected chi connectivity index (χ2v) is 4.13. The van der Waals surface area contributed by atoms with Gasteiger partial charge >= 0.3 is 0 Å². The molecule has 1 heterocycles. The number of anilines is 1. The van der Waals surface area contributed by atoms with Gasteiger partial charge in [-0.05, 0) is 23.8 Å². The quantitative estimate of drug-likeness (QED) is 0.562. The zero-order valence-corrected chi connectivity index (χ0v) is 9.37. The molecule has 3 nitrogen and oxygen atoms in total. The maximum atomic E-state index is 5.81. The average molecular weight is 215 g/mol. The van der Waals surface area contributed by atoms with Crippen molar-refractivity contribution in [3.05, 3.63) is 29.3 Å². The molecule has 3 N–H and O–H groups in total. The van der Waals surface area contributed by atoms with Crippen molar-refractivity contribution >= 4 is 5.69 Å². The van der Waals surface area contributed by atoms with E-state index in [1.807, 2.05) is 18.2 Å². The summed E-state index contributed by atoms with van der Waals surface area (Å²) in [7, 11) is 0. The van der Waals surface area contributed by atoms with Crippen molar-refractivity contribution in [2.45, 2.75) is 6.54 Å². The van der Waals surface area contributed by atoms with Gasteiger partial charge in [0.05, 0.1) is 0 Å². The molecule has 1 fully saturated rings. The average Bonchev–Trinajstić information content (AvgIpc) is 2.29. The molecular weight excluding hydrogens is 198 g/mol. The summed E-state index contributed by atoms with van der Waals surface area (Å²) < 4.78 is 0. The van der Waals surface area contributed by atoms with Crippen molar-refractivity contribution < 1.29 is 0 Å². The fourth-order valence-corrected chi connectivity index (χ4v) is 2.02. The zero-order valence-electron chi connectivity index (χ0n) is 9.37. The first-order valence-corrected chi connectivity index (χ1v) is 5.57. The highest BCUT2D eigenvalue weighted by atomic mass is 15.2. The van der Waals surface area contributed by atoms with E-state index in [0.717, 1.165) is 44.0 Å². The number of hydrogen-bond donors (Lipinski definition) is 2. The monoisotopic (exact) mass is 215 g/mol. The van der Waals surface area contributed by atoms with Crippen molar-refractivity contribution in [3.8, 4) is 12.3 Å². The van der Waals surface area contributed by atoms with Crippen LogP contribution >= 0.6 is 0 Å². The molecule has 0 bridgehead atoms. The van der Waals surface area contributed by atoms with Crippen molar-refractivity contribution in [2.75, 3.05) is 31.9 Å². The molecule has 0 atom stereocenters. The van der Waals surface area contributed by atoms with Crippen molar-refractivity contribution in [2.24, 2.45) is 0 Å². The Labute approximate surface area is 96.6 Å². The predicted octanol–water partition coefficient (Wildman–Crippen LogP) is 0.655. The van der Waals surface area contributed by atoms with Gasteiger partial charge in [-0.1, -0.05) is 5.92 Å². The number of nitrogens with two attached hydrogens (primary N) is 1. The Morgan fingerprint density at radius 3 is 2.75 bits per heavy atom. The smallest absolute Gasteiger partial charge is 0.0329 e. The van der Waals surface area contributed by atoms with Crippen LogP contribution in [0.2, 0.25) is 0 Å². The molecule has 1 saturated heterocycles. The van der Waals surface area contributed by atoms with Crippen LogP contribution in [0.15, 0.2) is 18.2 Å². The maximum absolute atomic E-state index is 5.81. The number of nitrogen functional groups attached to an aromatic ring is 1. The summed E-state index contributed by atoms with van der Waals surface area (Å²) in [4.78, 5) is 2.41. The summed E-state index contributed by atoms with van der Waals surface area (Å²) >= 11 is 0. The van der Waals surface area contributed by atoms with Crippen LogP contribution in [-0.4, -0.2) is 31.1 Å². The van der Waals surface area contributed by atoms with E-state index in [-0.39, 0.29) is 0 Å². The Balaban J connectivity index is 2.08. The number of benzene rings is 1. The van der Waals surface area contributed by atoms with Gasteiger partial charge in [-0.2, -0.15) is 0 Å². The lowest BCUT2D eigenvalue weighted by molar-refractivity contribution is 0.233. The highest BCUT2D eigenvalue weighted by molar-refractivity contribution is 5.49. The zero-order chi connectivity index (χ0) is 11.4. The maximum Gasteiger partial charge on any atom is 0.0329 e. The van der Waals surface area contributed by atoms with E-state index in [9.17, 15) is 0 Å². The number of terminal acetylenes is 1. The number of nitrogens with one attached hydrogen (secondary N) is 1. The predicted molar refractivity (Wildman–Crippen MR) is 66.9 cm³/mol. The van der Waals surface area contributed by atoms with Crippen LogP contribution in [0.4, 0.5) is 5.69 Å². The summed E-state index contributed by atoms with van der Waals surface area (Å²) in [6.45, 7) is 5.22. The van der Waals surface area contributed by atoms with Crippen LogP contribution < -0.4 is 11.1 Å². The molecule has 1 aromatic rings. The number of nitrogens with zero attached hydrogens (tertiary/aromatic N) is 1. The third-order valence-electron chi connectivity index (χ3n) is 2.80. The summed E-state index contributed by atoms with van der Waals surface area (Å²) in [5.74, 6) is 2.63. The first-order valence-electron chi connectivity index (χ1n) is 5.57. The van der Waals surface area contributed by atoms with Gasteiger partial charge < -0.3 is 11.1 Å². The molecule has 3 heteroatoms. The number of piperazine rings is 1. The second kappa shape index (κ2) is 5.02. The van der Waals surface area contributed by atoms with Crippen LogP contribution in [0.1, 0.15) is 11.1 Å². The molecule has 1 aliphatic rings. The first-order chi connectivity index (χ1) is 7.78. The molecule has 1 aliphatic heterocycles. The van der Waals surface area contributed by atoms with Crippen molar-refractivity contribution in [3.63, 3.8) is 0 Å². The molecule has 0 aromatic heterocycles. The fourth-order valence-electron chi connectivity index (χ4n) is 2.02. The van der Waals surface area contributed by atoms with E-state index in [0.29, 0.717) is 0 Å². The lowest BCUT2D eigenvalue weighted by Crippen LogP contribution is -2.42. The Hall–Kier alpha value is -1.50. The normalized spacial score (nSPS) is 16.9. The SMILES string of the molecule is C#Cc1cc(N)cc(CN2CCNCC2)c1. The van der Waals surface area contributed by atoms with E-state index in [1.54, 1.807) is 0 Å². The Kier molecular flexibility index (Phi) is 3.45. The van der Waals surface area contributed by atoms with Crippen LogP contribution in [0.5, 0.6) is 0 Å². The Bertz CT molecular complexity index is 400. The third kappa shape index (κ3) is 2.75. The van der Waals surface area contributed by atoms with Gasteiger partial charge in [-0.25, -0.2) is 0 Å². The molecule has 2 rings (SSSR count). The Morgan fingerprint density at radius 2 is 2.06 bits per heavy atom. The third-order valence-corrected chi connectivity index (χ3v) is 2.80. The van der Waals surface area contributed by atoms with E-state index >= 15 is 0 Å². The summed E-state index contributed by atoms with van der Waals surface area (Å²) in [5, 5.41) is 3.34. The molecule has 1 aromatic carbocycles. The topological polar surface area (TPSA) is 41.3 Å². The summed E-state index contributed by atoms with van der Waals surface area (Å²) in [6.07, 6.45) is 5.39. The van der Waals surface area contributed by atoms with Gasteiger partial charge in [0.2, 0.25) is 0 Å². The molecule has 0 amide bonds. The van der Waals surface area contributed by atoms with E-state index in [1.165, 1.54) is 5.56 Å². The largest absolute Gasteiger partial charge is 0.399 e. The van der Waals surface area contributed by atoms with E-state index in [4.69, 9.17) is 12.2 Å². The Morgan fingerprint density at radius 1 is 1.31 bits per heavy atom. The summed E-state index contributed by atoms with van der Waals surface area (Å²) in [5.41, 5.74) is 8.63. The highest BCUT2D eigenvalue weighted by Crippen LogP contribution is 2.13. The molecule has 0 saturated carbocycles. The highest BCUT2D eigenvalue weighted by Gasteiger charge is 2.10. The van der Waals surface area contributed by atoms with Crippen LogP contribution in [0.3, 0.4) is 0 Å². The van der Waals surface area contributed by atoms with Gasteiger partial charge in [-0.15, -0.1) is 6.42 Å². The minimum Gasteiger partial charge on any atom is -0.399 e.